The predicted molar refractivity (Wildman–Crippen MR) is 201 cm³/mol. The molecule has 224 valence electrons. The second-order valence-electron chi connectivity index (χ2n) is 12.2. The van der Waals surface area contributed by atoms with E-state index in [1.54, 1.807) is 0 Å². The average Bonchev–Trinajstić information content (AvgIpc) is 3.50. The molecule has 0 saturated carbocycles. The lowest BCUT2D eigenvalue weighted by molar-refractivity contribution is 1.08. The Morgan fingerprint density at radius 1 is 0.521 bits per heavy atom. The molecule has 0 amide bonds. The van der Waals surface area contributed by atoms with Crippen LogP contribution in [0.3, 0.4) is 0 Å². The van der Waals surface area contributed by atoms with Crippen molar-refractivity contribution in [2.24, 2.45) is 0 Å². The summed E-state index contributed by atoms with van der Waals surface area (Å²) in [6.45, 7) is 4.57. The lowest BCUT2D eigenvalue weighted by Crippen LogP contribution is -2.05. The van der Waals surface area contributed by atoms with Crippen LogP contribution in [-0.2, 0) is 0 Å². The molecule has 1 aliphatic heterocycles. The van der Waals surface area contributed by atoms with Gasteiger partial charge in [0.2, 0.25) is 0 Å². The Morgan fingerprint density at radius 2 is 1.19 bits per heavy atom. The van der Waals surface area contributed by atoms with E-state index in [0.29, 0.717) is 0 Å². The van der Waals surface area contributed by atoms with E-state index >= 15 is 0 Å². The summed E-state index contributed by atoms with van der Waals surface area (Å²) in [4.78, 5) is 13.2. The minimum atomic E-state index is 0.815. The van der Waals surface area contributed by atoms with E-state index < -0.39 is 0 Å². The van der Waals surface area contributed by atoms with Gasteiger partial charge >= 0.3 is 0 Å². The zero-order valence-electron chi connectivity index (χ0n) is 25.9. The monoisotopic (exact) mass is 629 g/mol. The van der Waals surface area contributed by atoms with Crippen LogP contribution in [0.1, 0.15) is 11.1 Å². The molecule has 1 aliphatic rings. The van der Waals surface area contributed by atoms with Gasteiger partial charge in [-0.05, 0) is 57.3 Å². The fourth-order valence-corrected chi connectivity index (χ4v) is 8.62. The quantitative estimate of drug-likeness (QED) is 0.195. The van der Waals surface area contributed by atoms with Crippen molar-refractivity contribution in [3.63, 3.8) is 0 Å². The maximum Gasteiger partial charge on any atom is 0.165 e. The van der Waals surface area contributed by atoms with Crippen molar-refractivity contribution in [1.29, 1.82) is 0 Å². The molecule has 0 saturated heterocycles. The lowest BCUT2D eigenvalue weighted by Gasteiger charge is -2.24. The van der Waals surface area contributed by atoms with E-state index in [4.69, 9.17) is 9.97 Å². The maximum absolute atomic E-state index is 5.42. The Morgan fingerprint density at radius 3 is 2.08 bits per heavy atom. The molecule has 0 atom stereocenters. The van der Waals surface area contributed by atoms with E-state index in [1.165, 1.54) is 48.0 Å². The SMILES string of the molecule is C=C1c2ccccc2Sc2c1cccc2-c1cccc2c3c4ccccc4ccc3n(-c3nc4ccccc4nc3-c3ccccc3)c12. The van der Waals surface area contributed by atoms with E-state index in [2.05, 4.69) is 139 Å². The number of fused-ring (bicyclic) bond motifs is 8. The molecule has 48 heavy (non-hydrogen) atoms. The molecule has 10 rings (SSSR count). The number of aromatic nitrogens is 3. The molecule has 0 radical (unpaired) electrons. The predicted octanol–water partition coefficient (Wildman–Crippen LogP) is 11.7. The van der Waals surface area contributed by atoms with Crippen LogP contribution in [0.5, 0.6) is 0 Å². The first-order valence-electron chi connectivity index (χ1n) is 16.1. The van der Waals surface area contributed by atoms with Crippen LogP contribution in [0.25, 0.3) is 77.4 Å². The molecule has 0 spiro atoms. The minimum absolute atomic E-state index is 0.815. The highest BCUT2D eigenvalue weighted by Gasteiger charge is 2.26. The van der Waals surface area contributed by atoms with E-state index in [-0.39, 0.29) is 0 Å². The first-order valence-corrected chi connectivity index (χ1v) is 16.9. The third-order valence-corrected chi connectivity index (χ3v) is 10.8. The van der Waals surface area contributed by atoms with Crippen molar-refractivity contribution < 1.29 is 0 Å². The van der Waals surface area contributed by atoms with Gasteiger partial charge in [0.15, 0.2) is 5.82 Å². The highest BCUT2D eigenvalue weighted by molar-refractivity contribution is 7.99. The Labute approximate surface area is 281 Å². The molecule has 4 heteroatoms. The van der Waals surface area contributed by atoms with Crippen LogP contribution in [0.4, 0.5) is 0 Å². The fourth-order valence-electron chi connectivity index (χ4n) is 7.37. The summed E-state index contributed by atoms with van der Waals surface area (Å²) >= 11 is 1.83. The Bertz CT molecular complexity index is 2780. The number of benzene rings is 7. The standard InChI is InChI=1S/C44H27N3S/c1-27-30-16-7-10-24-39(30)48-43-31(27)18-11-20-34(43)33-19-12-21-35-40-32-17-6-5-13-28(32)25-26-38(40)47(42(33)35)44-41(29-14-3-2-4-15-29)45-36-22-8-9-23-37(36)46-44/h2-26H,1H2. The Hall–Kier alpha value is -5.97. The second-order valence-corrected chi connectivity index (χ2v) is 13.3. The summed E-state index contributed by atoms with van der Waals surface area (Å²) < 4.78 is 2.36. The molecule has 0 fully saturated rings. The van der Waals surface area contributed by atoms with E-state index in [1.807, 2.05) is 36.0 Å². The van der Waals surface area contributed by atoms with Crippen LogP contribution >= 0.6 is 11.8 Å². The highest BCUT2D eigenvalue weighted by Crippen LogP contribution is 2.50. The third-order valence-electron chi connectivity index (χ3n) is 9.54. The topological polar surface area (TPSA) is 30.7 Å². The van der Waals surface area contributed by atoms with Crippen molar-refractivity contribution in [2.45, 2.75) is 9.79 Å². The third kappa shape index (κ3) is 3.96. The van der Waals surface area contributed by atoms with Crippen LogP contribution < -0.4 is 0 Å². The van der Waals surface area contributed by atoms with Crippen LogP contribution in [0, 0.1) is 0 Å². The molecule has 3 nitrogen and oxygen atoms in total. The molecule has 0 bridgehead atoms. The molecule has 0 N–H and O–H groups in total. The van der Waals surface area contributed by atoms with E-state index in [0.717, 1.165) is 50.3 Å². The molecule has 7 aromatic carbocycles. The number of para-hydroxylation sites is 3. The summed E-state index contributed by atoms with van der Waals surface area (Å²) in [5, 5.41) is 4.83. The summed E-state index contributed by atoms with van der Waals surface area (Å²) in [6.07, 6.45) is 0. The summed E-state index contributed by atoms with van der Waals surface area (Å²) in [5.74, 6) is 0.815. The molecule has 3 heterocycles. The van der Waals surface area contributed by atoms with Gasteiger partial charge in [-0.15, -0.1) is 0 Å². The fraction of sp³-hybridized carbons (Fsp3) is 0. The van der Waals surface area contributed by atoms with Crippen molar-refractivity contribution in [3.8, 4) is 28.2 Å². The molecule has 0 aliphatic carbocycles. The number of hydrogen-bond acceptors (Lipinski definition) is 3. The first-order chi connectivity index (χ1) is 23.7. The Balaban J connectivity index is 1.37. The average molecular weight is 630 g/mol. The van der Waals surface area contributed by atoms with Gasteiger partial charge in [0, 0.05) is 31.7 Å². The zero-order chi connectivity index (χ0) is 31.8. The summed E-state index contributed by atoms with van der Waals surface area (Å²) in [7, 11) is 0. The summed E-state index contributed by atoms with van der Waals surface area (Å²) in [6, 6.07) is 53.7. The number of rotatable bonds is 3. The van der Waals surface area contributed by atoms with Crippen LogP contribution in [0.2, 0.25) is 0 Å². The number of nitrogens with zero attached hydrogens (tertiary/aromatic N) is 3. The van der Waals surface area contributed by atoms with Crippen molar-refractivity contribution >= 4 is 60.9 Å². The molecule has 9 aromatic rings. The molecular weight excluding hydrogens is 603 g/mol. The minimum Gasteiger partial charge on any atom is -0.291 e. The molecule has 0 unspecified atom stereocenters. The zero-order valence-corrected chi connectivity index (χ0v) is 26.7. The smallest absolute Gasteiger partial charge is 0.165 e. The Kier molecular flexibility index (Phi) is 5.96. The van der Waals surface area contributed by atoms with Gasteiger partial charge in [-0.3, -0.25) is 4.57 Å². The van der Waals surface area contributed by atoms with Gasteiger partial charge in [0.05, 0.1) is 22.1 Å². The van der Waals surface area contributed by atoms with Gasteiger partial charge in [-0.2, -0.15) is 0 Å². The van der Waals surface area contributed by atoms with Gasteiger partial charge in [-0.1, -0.05) is 146 Å². The van der Waals surface area contributed by atoms with Crippen LogP contribution in [0.15, 0.2) is 168 Å². The normalized spacial score (nSPS) is 12.5. The number of hydrogen-bond donors (Lipinski definition) is 0. The van der Waals surface area contributed by atoms with Crippen molar-refractivity contribution in [2.75, 3.05) is 0 Å². The molecular formula is C44H27N3S. The van der Waals surface area contributed by atoms with E-state index in [9.17, 15) is 0 Å². The first kappa shape index (κ1) is 27.2. The summed E-state index contributed by atoms with van der Waals surface area (Å²) in [5.41, 5.74) is 11.6. The lowest BCUT2D eigenvalue weighted by atomic mass is 9.94. The maximum atomic E-state index is 5.42. The van der Waals surface area contributed by atoms with Gasteiger partial charge in [-0.25, -0.2) is 9.97 Å². The van der Waals surface area contributed by atoms with Gasteiger partial charge < -0.3 is 0 Å². The molecule has 2 aromatic heterocycles. The van der Waals surface area contributed by atoms with Crippen LogP contribution in [-0.4, -0.2) is 14.5 Å². The largest absolute Gasteiger partial charge is 0.291 e. The van der Waals surface area contributed by atoms with Gasteiger partial charge in [0.1, 0.15) is 5.69 Å². The van der Waals surface area contributed by atoms with Crippen molar-refractivity contribution in [3.05, 3.63) is 169 Å². The second kappa shape index (κ2) is 10.5. The van der Waals surface area contributed by atoms with Gasteiger partial charge in [0.25, 0.3) is 0 Å². The van der Waals surface area contributed by atoms with Crippen molar-refractivity contribution in [1.82, 2.24) is 14.5 Å². The highest BCUT2D eigenvalue weighted by atomic mass is 32.2.